The Kier molecular flexibility index (Phi) is 4.77. The molecule has 2 aromatic carbocycles. The summed E-state index contributed by atoms with van der Waals surface area (Å²) in [6.07, 6.45) is 0. The van der Waals surface area contributed by atoms with E-state index in [-0.39, 0.29) is 24.7 Å². The van der Waals surface area contributed by atoms with E-state index >= 15 is 0 Å². The van der Waals surface area contributed by atoms with Crippen LogP contribution in [0.5, 0.6) is 5.75 Å². The van der Waals surface area contributed by atoms with Gasteiger partial charge >= 0.3 is 0 Å². The lowest BCUT2D eigenvalue weighted by Crippen LogP contribution is -2.29. The lowest BCUT2D eigenvalue weighted by molar-refractivity contribution is 0.339. The standard InChI is InChI=1S/C16H16FN3O3S/c17-12-5-7-13(8-6-12)23-9-10-24(21,22)18-11-16-19-14-3-1-2-4-15(14)20-16/h1-8,18H,9-11H2,(H,19,20). The van der Waals surface area contributed by atoms with E-state index in [0.717, 1.165) is 11.0 Å². The smallest absolute Gasteiger partial charge is 0.215 e. The zero-order valence-corrected chi connectivity index (χ0v) is 13.5. The van der Waals surface area contributed by atoms with Crippen LogP contribution in [0.25, 0.3) is 11.0 Å². The number of halogens is 1. The number of nitrogens with one attached hydrogen (secondary N) is 2. The highest BCUT2D eigenvalue weighted by atomic mass is 32.2. The lowest BCUT2D eigenvalue weighted by atomic mass is 10.3. The van der Waals surface area contributed by atoms with Gasteiger partial charge in [0.15, 0.2) is 0 Å². The van der Waals surface area contributed by atoms with E-state index in [2.05, 4.69) is 14.7 Å². The second kappa shape index (κ2) is 6.98. The van der Waals surface area contributed by atoms with Crippen LogP contribution in [0.4, 0.5) is 4.39 Å². The highest BCUT2D eigenvalue weighted by Crippen LogP contribution is 2.11. The average Bonchev–Trinajstić information content (AvgIpc) is 2.98. The Morgan fingerprint density at radius 2 is 1.88 bits per heavy atom. The van der Waals surface area contributed by atoms with Gasteiger partial charge in [-0.25, -0.2) is 22.5 Å². The molecule has 0 amide bonds. The molecule has 0 saturated carbocycles. The zero-order chi connectivity index (χ0) is 17.0. The SMILES string of the molecule is O=S(=O)(CCOc1ccc(F)cc1)NCc1nc2ccccc2[nH]1. The number of rotatable bonds is 7. The lowest BCUT2D eigenvalue weighted by Gasteiger charge is -2.07. The molecule has 24 heavy (non-hydrogen) atoms. The van der Waals surface area contributed by atoms with Crippen LogP contribution >= 0.6 is 0 Å². The Morgan fingerprint density at radius 1 is 1.12 bits per heavy atom. The third-order valence-corrected chi connectivity index (χ3v) is 4.62. The van der Waals surface area contributed by atoms with E-state index < -0.39 is 10.0 Å². The van der Waals surface area contributed by atoms with Crippen LogP contribution in [0, 0.1) is 5.82 Å². The molecular formula is C16H16FN3O3S. The van der Waals surface area contributed by atoms with Crippen molar-refractivity contribution in [3.05, 3.63) is 60.2 Å². The van der Waals surface area contributed by atoms with Gasteiger partial charge in [-0.3, -0.25) is 0 Å². The summed E-state index contributed by atoms with van der Waals surface area (Å²) in [7, 11) is -3.50. The van der Waals surface area contributed by atoms with Crippen molar-refractivity contribution in [3.8, 4) is 5.75 Å². The first-order valence-corrected chi connectivity index (χ1v) is 8.96. The summed E-state index contributed by atoms with van der Waals surface area (Å²) < 4.78 is 44.5. The molecule has 1 aromatic heterocycles. The number of aromatic amines is 1. The molecule has 0 atom stereocenters. The molecule has 1 heterocycles. The molecule has 0 bridgehead atoms. The van der Waals surface area contributed by atoms with Gasteiger partial charge in [0, 0.05) is 0 Å². The number of para-hydroxylation sites is 2. The minimum Gasteiger partial charge on any atom is -0.492 e. The Hall–Kier alpha value is -2.45. The third kappa shape index (κ3) is 4.30. The summed E-state index contributed by atoms with van der Waals surface area (Å²) in [5.74, 6) is 0.385. The van der Waals surface area contributed by atoms with E-state index in [1.165, 1.54) is 24.3 Å². The van der Waals surface area contributed by atoms with Gasteiger partial charge in [0.25, 0.3) is 0 Å². The Labute approximate surface area is 138 Å². The Bertz CT molecular complexity index is 890. The van der Waals surface area contributed by atoms with Crippen molar-refractivity contribution < 1.29 is 17.5 Å². The summed E-state index contributed by atoms with van der Waals surface area (Å²) in [6.45, 7) is 0.0503. The van der Waals surface area contributed by atoms with Gasteiger partial charge in [0.2, 0.25) is 10.0 Å². The molecule has 2 N–H and O–H groups in total. The molecule has 0 spiro atoms. The van der Waals surface area contributed by atoms with Gasteiger partial charge in [-0.05, 0) is 36.4 Å². The maximum Gasteiger partial charge on any atom is 0.215 e. The number of benzene rings is 2. The van der Waals surface area contributed by atoms with Gasteiger partial charge in [0.1, 0.15) is 24.0 Å². The molecule has 0 aliphatic rings. The van der Waals surface area contributed by atoms with Crippen LogP contribution in [-0.2, 0) is 16.6 Å². The summed E-state index contributed by atoms with van der Waals surface area (Å²) >= 11 is 0. The van der Waals surface area contributed by atoms with Crippen molar-refractivity contribution in [1.82, 2.24) is 14.7 Å². The van der Waals surface area contributed by atoms with Crippen molar-refractivity contribution in [2.75, 3.05) is 12.4 Å². The molecule has 3 rings (SSSR count). The number of aromatic nitrogens is 2. The van der Waals surface area contributed by atoms with E-state index in [0.29, 0.717) is 11.6 Å². The summed E-state index contributed by atoms with van der Waals surface area (Å²) in [6, 6.07) is 12.9. The van der Waals surface area contributed by atoms with Crippen LogP contribution in [0.15, 0.2) is 48.5 Å². The first-order valence-electron chi connectivity index (χ1n) is 7.31. The van der Waals surface area contributed by atoms with Crippen molar-refractivity contribution in [2.45, 2.75) is 6.54 Å². The van der Waals surface area contributed by atoms with Crippen molar-refractivity contribution >= 4 is 21.1 Å². The molecular weight excluding hydrogens is 333 g/mol. The maximum absolute atomic E-state index is 12.8. The minimum absolute atomic E-state index is 0.0267. The van der Waals surface area contributed by atoms with Gasteiger partial charge in [-0.1, -0.05) is 12.1 Å². The zero-order valence-electron chi connectivity index (χ0n) is 12.7. The molecule has 126 valence electrons. The van der Waals surface area contributed by atoms with Crippen LogP contribution in [0.3, 0.4) is 0 Å². The summed E-state index contributed by atoms with van der Waals surface area (Å²) in [5.41, 5.74) is 1.64. The Balaban J connectivity index is 1.51. The predicted octanol–water partition coefficient (Wildman–Crippen LogP) is 2.20. The third-order valence-electron chi connectivity index (χ3n) is 3.33. The number of nitrogens with zero attached hydrogens (tertiary/aromatic N) is 1. The number of hydrogen-bond acceptors (Lipinski definition) is 4. The Morgan fingerprint density at radius 3 is 2.62 bits per heavy atom. The topological polar surface area (TPSA) is 84.1 Å². The number of fused-ring (bicyclic) bond motifs is 1. The van der Waals surface area contributed by atoms with Crippen molar-refractivity contribution in [3.63, 3.8) is 0 Å². The molecule has 6 nitrogen and oxygen atoms in total. The number of hydrogen-bond donors (Lipinski definition) is 2. The number of sulfonamides is 1. The molecule has 8 heteroatoms. The first kappa shape index (κ1) is 16.4. The van der Waals surface area contributed by atoms with E-state index in [4.69, 9.17) is 4.74 Å². The van der Waals surface area contributed by atoms with E-state index in [9.17, 15) is 12.8 Å². The number of ether oxygens (including phenoxy) is 1. The fourth-order valence-electron chi connectivity index (χ4n) is 2.14. The number of H-pyrrole nitrogens is 1. The van der Waals surface area contributed by atoms with Crippen LogP contribution in [0.1, 0.15) is 5.82 Å². The van der Waals surface area contributed by atoms with E-state index in [1.807, 2.05) is 24.3 Å². The second-order valence-electron chi connectivity index (χ2n) is 5.14. The average molecular weight is 349 g/mol. The summed E-state index contributed by atoms with van der Waals surface area (Å²) in [4.78, 5) is 7.35. The molecule has 0 aliphatic carbocycles. The monoisotopic (exact) mass is 349 g/mol. The quantitative estimate of drug-likeness (QED) is 0.685. The van der Waals surface area contributed by atoms with Crippen LogP contribution < -0.4 is 9.46 Å². The minimum atomic E-state index is -3.50. The van der Waals surface area contributed by atoms with Crippen LogP contribution in [0.2, 0.25) is 0 Å². The highest BCUT2D eigenvalue weighted by molar-refractivity contribution is 7.89. The van der Waals surface area contributed by atoms with Gasteiger partial charge in [-0.2, -0.15) is 0 Å². The fraction of sp³-hybridized carbons (Fsp3) is 0.188. The predicted molar refractivity (Wildman–Crippen MR) is 88.6 cm³/mol. The second-order valence-corrected chi connectivity index (χ2v) is 7.07. The largest absolute Gasteiger partial charge is 0.492 e. The normalized spacial score (nSPS) is 11.7. The molecule has 3 aromatic rings. The molecule has 0 radical (unpaired) electrons. The molecule has 0 aliphatic heterocycles. The van der Waals surface area contributed by atoms with Gasteiger partial charge < -0.3 is 9.72 Å². The first-order chi connectivity index (χ1) is 11.5. The van der Waals surface area contributed by atoms with Crippen LogP contribution in [-0.4, -0.2) is 30.7 Å². The van der Waals surface area contributed by atoms with Crippen molar-refractivity contribution in [2.24, 2.45) is 0 Å². The van der Waals surface area contributed by atoms with Gasteiger partial charge in [-0.15, -0.1) is 0 Å². The molecule has 0 unspecified atom stereocenters. The fourth-order valence-corrected chi connectivity index (χ4v) is 2.94. The van der Waals surface area contributed by atoms with Crippen molar-refractivity contribution in [1.29, 1.82) is 0 Å². The summed E-state index contributed by atoms with van der Waals surface area (Å²) in [5, 5.41) is 0. The van der Waals surface area contributed by atoms with Gasteiger partial charge in [0.05, 0.1) is 23.3 Å². The maximum atomic E-state index is 12.8. The number of imidazole rings is 1. The molecule has 0 saturated heterocycles. The molecule has 0 fully saturated rings. The van der Waals surface area contributed by atoms with E-state index in [1.54, 1.807) is 0 Å². The highest BCUT2D eigenvalue weighted by Gasteiger charge is 2.12.